The second-order valence-electron chi connectivity index (χ2n) is 6.19. The maximum Gasteiger partial charge on any atom is 0.322 e. The van der Waals surface area contributed by atoms with Gasteiger partial charge in [0.25, 0.3) is 0 Å². The van der Waals surface area contributed by atoms with E-state index in [-0.39, 0.29) is 24.2 Å². The number of fused-ring (bicyclic) bond motifs is 1. The number of nitrogens with one attached hydrogen (secondary N) is 2. The van der Waals surface area contributed by atoms with Gasteiger partial charge in [-0.05, 0) is 31.2 Å². The minimum absolute atomic E-state index is 0.0408. The highest BCUT2D eigenvalue weighted by Gasteiger charge is 2.27. The minimum Gasteiger partial charge on any atom is -0.348 e. The van der Waals surface area contributed by atoms with Gasteiger partial charge in [-0.1, -0.05) is 12.1 Å². The van der Waals surface area contributed by atoms with Gasteiger partial charge in [-0.25, -0.2) is 13.6 Å². The van der Waals surface area contributed by atoms with Crippen LogP contribution >= 0.6 is 0 Å². The molecule has 138 valence electrons. The van der Waals surface area contributed by atoms with Crippen molar-refractivity contribution in [2.75, 3.05) is 11.9 Å². The van der Waals surface area contributed by atoms with Crippen molar-refractivity contribution in [3.8, 4) is 6.07 Å². The van der Waals surface area contributed by atoms with Crippen LogP contribution in [0.4, 0.5) is 19.3 Å². The van der Waals surface area contributed by atoms with Crippen LogP contribution in [0.3, 0.4) is 0 Å². The van der Waals surface area contributed by atoms with Crippen molar-refractivity contribution in [2.24, 2.45) is 0 Å². The summed E-state index contributed by atoms with van der Waals surface area (Å²) in [5.41, 5.74) is 1.09. The Morgan fingerprint density at radius 1 is 1.33 bits per heavy atom. The summed E-state index contributed by atoms with van der Waals surface area (Å²) in [6.07, 6.45) is 0. The molecule has 0 aromatic heterocycles. The first-order valence-electron chi connectivity index (χ1n) is 8.21. The van der Waals surface area contributed by atoms with E-state index in [9.17, 15) is 18.4 Å². The highest BCUT2D eigenvalue weighted by molar-refractivity contribution is 5.94. The Labute approximate surface area is 154 Å². The fourth-order valence-electron chi connectivity index (χ4n) is 2.91. The predicted octanol–water partition coefficient (Wildman–Crippen LogP) is 3.06. The number of hydrogen-bond donors (Lipinski definition) is 2. The molecule has 0 saturated heterocycles. The van der Waals surface area contributed by atoms with E-state index in [0.29, 0.717) is 11.3 Å². The van der Waals surface area contributed by atoms with E-state index in [1.807, 2.05) is 6.07 Å². The van der Waals surface area contributed by atoms with Gasteiger partial charge in [0.1, 0.15) is 18.2 Å². The lowest BCUT2D eigenvalue weighted by atomic mass is 10.1. The molecule has 0 spiro atoms. The zero-order valence-electron chi connectivity index (χ0n) is 14.4. The summed E-state index contributed by atoms with van der Waals surface area (Å²) in [5.74, 6) is -1.58. The molecule has 2 aromatic carbocycles. The number of nitrogens with zero attached hydrogens (tertiary/aromatic N) is 2. The Bertz CT molecular complexity index is 955. The molecule has 1 heterocycles. The zero-order chi connectivity index (χ0) is 19.6. The number of amides is 3. The minimum atomic E-state index is -0.665. The lowest BCUT2D eigenvalue weighted by Crippen LogP contribution is -2.45. The Kier molecular flexibility index (Phi) is 5.03. The van der Waals surface area contributed by atoms with Crippen LogP contribution in [0, 0.1) is 23.0 Å². The highest BCUT2D eigenvalue weighted by atomic mass is 19.1. The molecule has 3 rings (SSSR count). The molecule has 0 unspecified atom stereocenters. The summed E-state index contributed by atoms with van der Waals surface area (Å²) in [5, 5.41) is 13.9. The van der Waals surface area contributed by atoms with Crippen molar-refractivity contribution >= 4 is 17.6 Å². The van der Waals surface area contributed by atoms with Crippen LogP contribution < -0.4 is 10.6 Å². The predicted molar refractivity (Wildman–Crippen MR) is 93.5 cm³/mol. The molecule has 1 aliphatic heterocycles. The largest absolute Gasteiger partial charge is 0.348 e. The third-order valence-corrected chi connectivity index (χ3v) is 4.30. The van der Waals surface area contributed by atoms with E-state index in [1.165, 1.54) is 29.2 Å². The molecular formula is C19H16F2N4O2. The lowest BCUT2D eigenvalue weighted by Gasteiger charge is -2.29. The van der Waals surface area contributed by atoms with Gasteiger partial charge in [0, 0.05) is 11.1 Å². The van der Waals surface area contributed by atoms with E-state index in [1.54, 1.807) is 13.0 Å². The zero-order valence-corrected chi connectivity index (χ0v) is 14.4. The van der Waals surface area contributed by atoms with Gasteiger partial charge in [-0.15, -0.1) is 0 Å². The molecule has 0 bridgehead atoms. The quantitative estimate of drug-likeness (QED) is 0.867. The molecule has 1 atom stereocenters. The Morgan fingerprint density at radius 3 is 2.81 bits per heavy atom. The molecule has 27 heavy (non-hydrogen) atoms. The topological polar surface area (TPSA) is 85.2 Å². The number of nitriles is 1. The summed E-state index contributed by atoms with van der Waals surface area (Å²) >= 11 is 0. The van der Waals surface area contributed by atoms with Crippen LogP contribution in [0.1, 0.15) is 29.7 Å². The van der Waals surface area contributed by atoms with Crippen molar-refractivity contribution in [3.05, 3.63) is 64.7 Å². The summed E-state index contributed by atoms with van der Waals surface area (Å²) < 4.78 is 28.0. The smallest absolute Gasteiger partial charge is 0.322 e. The third kappa shape index (κ3) is 3.87. The van der Waals surface area contributed by atoms with Crippen LogP contribution in [0.15, 0.2) is 36.4 Å². The normalized spacial score (nSPS) is 14.0. The molecule has 2 N–H and O–H groups in total. The van der Waals surface area contributed by atoms with Crippen molar-refractivity contribution in [1.82, 2.24) is 10.2 Å². The standard InChI is InChI=1S/C19H16F2N4O2/c1-11(13-6-5-12(8-22)7-16(13)21)23-18(26)10-25-9-14-15(20)3-2-4-17(14)24-19(25)27/h2-7,11H,9-10H2,1H3,(H,23,26)(H,24,27)/t11-/m1/s1. The molecule has 2 aromatic rings. The first kappa shape index (κ1) is 18.3. The van der Waals surface area contributed by atoms with Gasteiger partial charge in [0.15, 0.2) is 0 Å². The van der Waals surface area contributed by atoms with Crippen LogP contribution in [-0.4, -0.2) is 23.4 Å². The van der Waals surface area contributed by atoms with E-state index in [4.69, 9.17) is 5.26 Å². The highest BCUT2D eigenvalue weighted by Crippen LogP contribution is 2.25. The van der Waals surface area contributed by atoms with Crippen molar-refractivity contribution in [2.45, 2.75) is 19.5 Å². The van der Waals surface area contributed by atoms with Crippen molar-refractivity contribution in [3.63, 3.8) is 0 Å². The SMILES string of the molecule is C[C@@H](NC(=O)CN1Cc2c(F)cccc2NC1=O)c1ccc(C#N)cc1F. The summed E-state index contributed by atoms with van der Waals surface area (Å²) in [6, 6.07) is 9.00. The molecule has 6 nitrogen and oxygen atoms in total. The van der Waals surface area contributed by atoms with Crippen LogP contribution in [0.2, 0.25) is 0 Å². The molecule has 0 radical (unpaired) electrons. The second kappa shape index (κ2) is 7.41. The number of carbonyl (C=O) groups is 2. The monoisotopic (exact) mass is 370 g/mol. The Morgan fingerprint density at radius 2 is 2.11 bits per heavy atom. The first-order chi connectivity index (χ1) is 12.9. The van der Waals surface area contributed by atoms with Gasteiger partial charge in [-0.3, -0.25) is 4.79 Å². The average molecular weight is 370 g/mol. The molecule has 1 aliphatic rings. The summed E-state index contributed by atoms with van der Waals surface area (Å²) in [4.78, 5) is 25.5. The molecule has 0 aliphatic carbocycles. The van der Waals surface area contributed by atoms with E-state index in [0.717, 1.165) is 6.07 Å². The van der Waals surface area contributed by atoms with Gasteiger partial charge in [0.2, 0.25) is 5.91 Å². The Hall–Kier alpha value is -3.47. The van der Waals surface area contributed by atoms with Gasteiger partial charge < -0.3 is 15.5 Å². The molecular weight excluding hydrogens is 354 g/mol. The number of halogens is 2. The molecule has 0 saturated carbocycles. The number of benzene rings is 2. The van der Waals surface area contributed by atoms with Gasteiger partial charge in [0.05, 0.1) is 29.9 Å². The maximum atomic E-state index is 14.0. The number of anilines is 1. The van der Waals surface area contributed by atoms with Crippen molar-refractivity contribution < 1.29 is 18.4 Å². The first-order valence-corrected chi connectivity index (χ1v) is 8.21. The molecule has 8 heteroatoms. The fraction of sp³-hybridized carbons (Fsp3) is 0.211. The molecule has 3 amide bonds. The fourth-order valence-corrected chi connectivity index (χ4v) is 2.91. The lowest BCUT2D eigenvalue weighted by molar-refractivity contribution is -0.122. The summed E-state index contributed by atoms with van der Waals surface area (Å²) in [6.45, 7) is 1.25. The van der Waals surface area contributed by atoms with Crippen LogP contribution in [0.25, 0.3) is 0 Å². The number of hydrogen-bond acceptors (Lipinski definition) is 3. The summed E-state index contributed by atoms with van der Waals surface area (Å²) in [7, 11) is 0. The number of carbonyl (C=O) groups excluding carboxylic acids is 2. The maximum absolute atomic E-state index is 14.0. The van der Waals surface area contributed by atoms with E-state index in [2.05, 4.69) is 10.6 Å². The average Bonchev–Trinajstić information content (AvgIpc) is 2.62. The van der Waals surface area contributed by atoms with Crippen molar-refractivity contribution in [1.29, 1.82) is 5.26 Å². The van der Waals surface area contributed by atoms with Gasteiger partial charge >= 0.3 is 6.03 Å². The second-order valence-corrected chi connectivity index (χ2v) is 6.19. The number of urea groups is 1. The molecule has 0 fully saturated rings. The van der Waals surface area contributed by atoms with E-state index >= 15 is 0 Å². The van der Waals surface area contributed by atoms with Crippen LogP contribution in [-0.2, 0) is 11.3 Å². The van der Waals surface area contributed by atoms with Gasteiger partial charge in [-0.2, -0.15) is 5.26 Å². The Balaban J connectivity index is 1.66. The third-order valence-electron chi connectivity index (χ3n) is 4.30. The van der Waals surface area contributed by atoms with Crippen LogP contribution in [0.5, 0.6) is 0 Å². The van der Waals surface area contributed by atoms with E-state index < -0.39 is 29.6 Å². The number of rotatable bonds is 4.